The van der Waals surface area contributed by atoms with Crippen LogP contribution in [0.5, 0.6) is 0 Å². The van der Waals surface area contributed by atoms with Crippen LogP contribution in [-0.4, -0.2) is 33.3 Å². The Hall–Kier alpha value is -0.0831. The Balaban J connectivity index is 2.32. The first-order chi connectivity index (χ1) is 6.76. The van der Waals surface area contributed by atoms with Crippen LogP contribution in [0.2, 0.25) is 12.1 Å². The van der Waals surface area contributed by atoms with E-state index in [1.807, 2.05) is 0 Å². The van der Waals surface area contributed by atoms with E-state index in [0.29, 0.717) is 0 Å². The van der Waals surface area contributed by atoms with E-state index in [-0.39, 0.29) is 0 Å². The van der Waals surface area contributed by atoms with Gasteiger partial charge in [0.25, 0.3) is 0 Å². The molecule has 1 rings (SSSR count). The van der Waals surface area contributed by atoms with Crippen molar-refractivity contribution < 1.29 is 0 Å². The maximum absolute atomic E-state index is 2.66. The fraction of sp³-hybridized carbons (Fsp3) is 0.833. The van der Waals surface area contributed by atoms with Gasteiger partial charge in [-0.2, -0.15) is 0 Å². The highest BCUT2D eigenvalue weighted by atomic mass is 28.3. The second-order valence-electron chi connectivity index (χ2n) is 4.63. The van der Waals surface area contributed by atoms with Gasteiger partial charge in [-0.05, 0) is 6.92 Å². The van der Waals surface area contributed by atoms with Gasteiger partial charge in [-0.3, -0.25) is 4.90 Å². The van der Waals surface area contributed by atoms with Crippen molar-refractivity contribution in [3.63, 3.8) is 0 Å². The molecule has 1 aliphatic rings. The molecule has 14 heavy (non-hydrogen) atoms. The SMILES string of the molecule is CCC[SiH](C=C(C)CN1CC1)CCC. The molecule has 0 bridgehead atoms. The van der Waals surface area contributed by atoms with Gasteiger partial charge in [0.05, 0.1) is 8.80 Å². The number of nitrogens with zero attached hydrogens (tertiary/aromatic N) is 1. The fourth-order valence-electron chi connectivity index (χ4n) is 2.09. The summed E-state index contributed by atoms with van der Waals surface area (Å²) in [4.78, 5) is 2.51. The molecule has 0 radical (unpaired) electrons. The van der Waals surface area contributed by atoms with Crippen LogP contribution in [0.15, 0.2) is 11.3 Å². The second-order valence-corrected chi connectivity index (χ2v) is 7.63. The lowest BCUT2D eigenvalue weighted by molar-refractivity contribution is 0.610. The third-order valence-corrected chi connectivity index (χ3v) is 6.53. The van der Waals surface area contributed by atoms with Crippen LogP contribution < -0.4 is 0 Å². The molecule has 1 heterocycles. The minimum absolute atomic E-state index is 0.511. The van der Waals surface area contributed by atoms with Gasteiger partial charge in [0.15, 0.2) is 0 Å². The molecule has 0 aliphatic carbocycles. The van der Waals surface area contributed by atoms with Crippen LogP contribution >= 0.6 is 0 Å². The maximum Gasteiger partial charge on any atom is 0.0614 e. The van der Waals surface area contributed by atoms with E-state index < -0.39 is 8.80 Å². The van der Waals surface area contributed by atoms with E-state index in [0.717, 1.165) is 0 Å². The minimum atomic E-state index is -0.511. The predicted octanol–water partition coefficient (Wildman–Crippen LogP) is 2.83. The molecule has 0 spiro atoms. The van der Waals surface area contributed by atoms with Crippen LogP contribution in [-0.2, 0) is 0 Å². The molecule has 1 aliphatic heterocycles. The van der Waals surface area contributed by atoms with Gasteiger partial charge >= 0.3 is 0 Å². The number of rotatable bonds is 7. The highest BCUT2D eigenvalue weighted by molar-refractivity contribution is 6.64. The first-order valence-electron chi connectivity index (χ1n) is 6.15. The summed E-state index contributed by atoms with van der Waals surface area (Å²) in [6.45, 7) is 10.9. The summed E-state index contributed by atoms with van der Waals surface area (Å²) in [7, 11) is -0.511. The highest BCUT2D eigenvalue weighted by Crippen LogP contribution is 2.12. The normalized spacial score (nSPS) is 17.9. The van der Waals surface area contributed by atoms with Gasteiger partial charge in [0, 0.05) is 19.6 Å². The average molecular weight is 211 g/mol. The van der Waals surface area contributed by atoms with Crippen molar-refractivity contribution in [3.8, 4) is 0 Å². The van der Waals surface area contributed by atoms with Crippen molar-refractivity contribution in [2.45, 2.75) is 45.7 Å². The third kappa shape index (κ3) is 4.96. The molecule has 0 unspecified atom stereocenters. The van der Waals surface area contributed by atoms with E-state index in [1.54, 1.807) is 5.57 Å². The lowest BCUT2D eigenvalue weighted by atomic mass is 10.3. The summed E-state index contributed by atoms with van der Waals surface area (Å²) in [5, 5.41) is 0. The molecule has 2 heteroatoms. The molecule has 0 aromatic rings. The van der Waals surface area contributed by atoms with Crippen molar-refractivity contribution in [1.29, 1.82) is 0 Å². The Kier molecular flexibility index (Phi) is 5.49. The zero-order chi connectivity index (χ0) is 10.4. The first kappa shape index (κ1) is 12.0. The highest BCUT2D eigenvalue weighted by Gasteiger charge is 2.17. The average Bonchev–Trinajstić information content (AvgIpc) is 2.89. The Labute approximate surface area is 90.8 Å². The van der Waals surface area contributed by atoms with Crippen molar-refractivity contribution in [2.24, 2.45) is 0 Å². The first-order valence-corrected chi connectivity index (χ1v) is 8.45. The predicted molar refractivity (Wildman–Crippen MR) is 67.5 cm³/mol. The van der Waals surface area contributed by atoms with E-state index in [2.05, 4.69) is 31.4 Å². The van der Waals surface area contributed by atoms with Crippen molar-refractivity contribution >= 4 is 8.80 Å². The summed E-state index contributed by atoms with van der Waals surface area (Å²) in [5.74, 6) is 0. The van der Waals surface area contributed by atoms with Gasteiger partial charge in [-0.1, -0.05) is 50.0 Å². The molecule has 0 aromatic heterocycles. The van der Waals surface area contributed by atoms with Crippen LogP contribution in [0.1, 0.15) is 33.6 Å². The maximum atomic E-state index is 2.66. The largest absolute Gasteiger partial charge is 0.297 e. The Morgan fingerprint density at radius 1 is 1.21 bits per heavy atom. The van der Waals surface area contributed by atoms with E-state index in [4.69, 9.17) is 0 Å². The molecule has 82 valence electrons. The minimum Gasteiger partial charge on any atom is -0.297 e. The molecule has 0 amide bonds. The lowest BCUT2D eigenvalue weighted by Gasteiger charge is -2.10. The van der Waals surface area contributed by atoms with E-state index in [1.165, 1.54) is 44.6 Å². The summed E-state index contributed by atoms with van der Waals surface area (Å²) >= 11 is 0. The van der Waals surface area contributed by atoms with Gasteiger partial charge in [-0.25, -0.2) is 0 Å². The van der Waals surface area contributed by atoms with Crippen LogP contribution in [0.25, 0.3) is 0 Å². The summed E-state index contributed by atoms with van der Waals surface area (Å²) in [5.41, 5.74) is 4.30. The van der Waals surface area contributed by atoms with E-state index >= 15 is 0 Å². The Morgan fingerprint density at radius 3 is 2.21 bits per heavy atom. The van der Waals surface area contributed by atoms with Crippen molar-refractivity contribution in [1.82, 2.24) is 4.90 Å². The molecule has 0 aromatic carbocycles. The molecule has 1 fully saturated rings. The second kappa shape index (κ2) is 6.41. The fourth-order valence-corrected chi connectivity index (χ4v) is 5.10. The third-order valence-electron chi connectivity index (χ3n) is 2.85. The summed E-state index contributed by atoms with van der Waals surface area (Å²) in [6.07, 6.45) is 2.76. The molecular weight excluding hydrogens is 186 g/mol. The van der Waals surface area contributed by atoms with Gasteiger partial charge in [0.1, 0.15) is 0 Å². The van der Waals surface area contributed by atoms with Gasteiger partial charge in [-0.15, -0.1) is 0 Å². The smallest absolute Gasteiger partial charge is 0.0614 e. The zero-order valence-electron chi connectivity index (χ0n) is 10.1. The lowest BCUT2D eigenvalue weighted by Crippen LogP contribution is -2.11. The quantitative estimate of drug-likeness (QED) is 0.462. The van der Waals surface area contributed by atoms with Gasteiger partial charge < -0.3 is 0 Å². The molecule has 0 N–H and O–H groups in total. The zero-order valence-corrected chi connectivity index (χ0v) is 11.2. The van der Waals surface area contributed by atoms with E-state index in [9.17, 15) is 0 Å². The molecule has 1 saturated heterocycles. The van der Waals surface area contributed by atoms with Crippen molar-refractivity contribution in [3.05, 3.63) is 11.3 Å². The molecule has 0 atom stereocenters. The topological polar surface area (TPSA) is 3.01 Å². The molecular formula is C12H25NSi. The van der Waals surface area contributed by atoms with Gasteiger partial charge in [0.2, 0.25) is 0 Å². The Bertz CT molecular complexity index is 179. The van der Waals surface area contributed by atoms with Crippen LogP contribution in [0.3, 0.4) is 0 Å². The molecule has 1 nitrogen and oxygen atoms in total. The number of hydrogen-bond donors (Lipinski definition) is 0. The summed E-state index contributed by atoms with van der Waals surface area (Å²) < 4.78 is 0. The van der Waals surface area contributed by atoms with Crippen molar-refractivity contribution in [2.75, 3.05) is 19.6 Å². The monoisotopic (exact) mass is 211 g/mol. The standard InChI is InChI=1S/C12H25NSi/c1-4-8-14(9-5-2)11-12(3)10-13-6-7-13/h11,14H,4-10H2,1-3H3. The van der Waals surface area contributed by atoms with Crippen LogP contribution in [0, 0.1) is 0 Å². The Morgan fingerprint density at radius 2 is 1.79 bits per heavy atom. The van der Waals surface area contributed by atoms with Crippen LogP contribution in [0.4, 0.5) is 0 Å². The number of hydrogen-bond acceptors (Lipinski definition) is 1. The summed E-state index contributed by atoms with van der Waals surface area (Å²) in [6, 6.07) is 3.01. The molecule has 0 saturated carbocycles.